The summed E-state index contributed by atoms with van der Waals surface area (Å²) in [6.45, 7) is 5.09. The van der Waals surface area contributed by atoms with Gasteiger partial charge in [-0.25, -0.2) is 0 Å². The van der Waals surface area contributed by atoms with Gasteiger partial charge in [-0.2, -0.15) is 0 Å². The van der Waals surface area contributed by atoms with E-state index in [9.17, 15) is 4.79 Å². The molecule has 1 N–H and O–H groups in total. The van der Waals surface area contributed by atoms with Crippen LogP contribution in [0.2, 0.25) is 5.02 Å². The van der Waals surface area contributed by atoms with Gasteiger partial charge in [-0.3, -0.25) is 4.79 Å². The van der Waals surface area contributed by atoms with Crippen LogP contribution in [0.15, 0.2) is 42.5 Å². The minimum atomic E-state index is -0.0693. The topological polar surface area (TPSA) is 38.3 Å². The normalized spacial score (nSPS) is 10.3. The van der Waals surface area contributed by atoms with Gasteiger partial charge in [-0.15, -0.1) is 0 Å². The first-order chi connectivity index (χ1) is 10.6. The number of nitrogens with one attached hydrogen (secondary N) is 1. The molecule has 0 aromatic heterocycles. The fourth-order valence-corrected chi connectivity index (χ4v) is 2.31. The predicted octanol–water partition coefficient (Wildman–Crippen LogP) is 4.02. The molecule has 0 radical (unpaired) electrons. The van der Waals surface area contributed by atoms with Crippen LogP contribution >= 0.6 is 11.6 Å². The van der Waals surface area contributed by atoms with E-state index in [0.29, 0.717) is 18.7 Å². The number of benzene rings is 2. The second-order valence-electron chi connectivity index (χ2n) is 5.05. The molecule has 2 aromatic rings. The number of carbonyl (C=O) groups excluding carboxylic acids is 1. The maximum atomic E-state index is 12.1. The lowest BCUT2D eigenvalue weighted by Crippen LogP contribution is -2.25. The molecule has 3 nitrogen and oxygen atoms in total. The fourth-order valence-electron chi connectivity index (χ4n) is 2.18. The lowest BCUT2D eigenvalue weighted by molar-refractivity contribution is 0.0954. The minimum absolute atomic E-state index is 0.0693. The third kappa shape index (κ3) is 4.50. The van der Waals surface area contributed by atoms with Gasteiger partial charge in [-0.1, -0.05) is 23.7 Å². The number of ether oxygens (including phenoxy) is 1. The number of hydrogen-bond donors (Lipinski definition) is 1. The fraction of sp³-hybridized carbons (Fsp3) is 0.278. The van der Waals surface area contributed by atoms with Crippen molar-refractivity contribution in [2.24, 2.45) is 0 Å². The molecule has 22 heavy (non-hydrogen) atoms. The highest BCUT2D eigenvalue weighted by Gasteiger charge is 2.07. The van der Waals surface area contributed by atoms with E-state index in [2.05, 4.69) is 5.32 Å². The highest BCUT2D eigenvalue weighted by Crippen LogP contribution is 2.19. The zero-order chi connectivity index (χ0) is 15.9. The molecule has 0 saturated heterocycles. The van der Waals surface area contributed by atoms with Gasteiger partial charge in [0, 0.05) is 17.1 Å². The van der Waals surface area contributed by atoms with Crippen molar-refractivity contribution in [1.82, 2.24) is 5.32 Å². The molecular formula is C18H20ClNO2. The van der Waals surface area contributed by atoms with E-state index in [-0.39, 0.29) is 5.91 Å². The van der Waals surface area contributed by atoms with Gasteiger partial charge in [0.25, 0.3) is 5.91 Å². The summed E-state index contributed by atoms with van der Waals surface area (Å²) < 4.78 is 5.48. The summed E-state index contributed by atoms with van der Waals surface area (Å²) in [6, 6.07) is 13.1. The second kappa shape index (κ2) is 7.85. The van der Waals surface area contributed by atoms with Crippen molar-refractivity contribution in [3.05, 3.63) is 64.2 Å². The number of carbonyl (C=O) groups is 1. The lowest BCUT2D eigenvalue weighted by atomic mass is 10.1. The summed E-state index contributed by atoms with van der Waals surface area (Å²) in [5.41, 5.74) is 2.76. The summed E-state index contributed by atoms with van der Waals surface area (Å²) in [5.74, 6) is 0.750. The molecule has 116 valence electrons. The van der Waals surface area contributed by atoms with Crippen molar-refractivity contribution in [2.45, 2.75) is 20.3 Å². The molecule has 0 spiro atoms. The van der Waals surface area contributed by atoms with Crippen molar-refractivity contribution in [3.63, 3.8) is 0 Å². The molecular weight excluding hydrogens is 298 g/mol. The van der Waals surface area contributed by atoms with Crippen molar-refractivity contribution in [3.8, 4) is 5.75 Å². The summed E-state index contributed by atoms with van der Waals surface area (Å²) in [4.78, 5) is 12.1. The number of amides is 1. The van der Waals surface area contributed by atoms with E-state index in [0.717, 1.165) is 28.3 Å². The first-order valence-electron chi connectivity index (χ1n) is 7.36. The lowest BCUT2D eigenvalue weighted by Gasteiger charge is -2.10. The molecule has 0 saturated carbocycles. The van der Waals surface area contributed by atoms with Crippen molar-refractivity contribution in [1.29, 1.82) is 0 Å². The zero-order valence-electron chi connectivity index (χ0n) is 12.9. The molecule has 0 atom stereocenters. The van der Waals surface area contributed by atoms with Gasteiger partial charge in [0.15, 0.2) is 0 Å². The Balaban J connectivity index is 1.89. The number of hydrogen-bond acceptors (Lipinski definition) is 2. The molecule has 4 heteroatoms. The van der Waals surface area contributed by atoms with E-state index < -0.39 is 0 Å². The molecule has 2 aromatic carbocycles. The summed E-state index contributed by atoms with van der Waals surface area (Å²) >= 11 is 5.85. The van der Waals surface area contributed by atoms with E-state index in [1.54, 1.807) is 6.07 Å². The van der Waals surface area contributed by atoms with Gasteiger partial charge < -0.3 is 10.1 Å². The van der Waals surface area contributed by atoms with Crippen LogP contribution in [0.3, 0.4) is 0 Å². The highest BCUT2D eigenvalue weighted by molar-refractivity contribution is 6.30. The number of rotatable bonds is 6. The van der Waals surface area contributed by atoms with Crippen LogP contribution in [0.4, 0.5) is 0 Å². The van der Waals surface area contributed by atoms with E-state index in [1.807, 2.05) is 50.2 Å². The average Bonchev–Trinajstić information content (AvgIpc) is 2.51. The molecule has 2 rings (SSSR count). The Morgan fingerprint density at radius 1 is 1.18 bits per heavy atom. The zero-order valence-corrected chi connectivity index (χ0v) is 13.6. The van der Waals surface area contributed by atoms with Crippen LogP contribution in [0, 0.1) is 6.92 Å². The third-order valence-corrected chi connectivity index (χ3v) is 3.60. The first-order valence-corrected chi connectivity index (χ1v) is 7.74. The van der Waals surface area contributed by atoms with E-state index in [4.69, 9.17) is 16.3 Å². The minimum Gasteiger partial charge on any atom is -0.494 e. The van der Waals surface area contributed by atoms with Crippen molar-refractivity contribution in [2.75, 3.05) is 13.2 Å². The third-order valence-electron chi connectivity index (χ3n) is 3.35. The van der Waals surface area contributed by atoms with Crippen LogP contribution in [0.25, 0.3) is 0 Å². The molecule has 0 bridgehead atoms. The first kappa shape index (κ1) is 16.4. The Morgan fingerprint density at radius 3 is 2.55 bits per heavy atom. The monoisotopic (exact) mass is 317 g/mol. The van der Waals surface area contributed by atoms with Crippen molar-refractivity contribution >= 4 is 17.5 Å². The van der Waals surface area contributed by atoms with Crippen LogP contribution in [-0.4, -0.2) is 19.1 Å². The predicted molar refractivity (Wildman–Crippen MR) is 89.8 cm³/mol. The van der Waals surface area contributed by atoms with Gasteiger partial charge in [0.05, 0.1) is 6.61 Å². The maximum Gasteiger partial charge on any atom is 0.251 e. The quantitative estimate of drug-likeness (QED) is 0.874. The molecule has 0 unspecified atom stereocenters. The standard InChI is InChI=1S/C18H20ClNO2/c1-3-22-17-9-6-15(12-13(17)2)18(21)20-11-10-14-4-7-16(19)8-5-14/h4-9,12H,3,10-11H2,1-2H3,(H,20,21). The SMILES string of the molecule is CCOc1ccc(C(=O)NCCc2ccc(Cl)cc2)cc1C. The summed E-state index contributed by atoms with van der Waals surface area (Å²) in [7, 11) is 0. The summed E-state index contributed by atoms with van der Waals surface area (Å²) in [5, 5.41) is 3.65. The Hall–Kier alpha value is -2.00. The van der Waals surface area contributed by atoms with Crippen molar-refractivity contribution < 1.29 is 9.53 Å². The van der Waals surface area contributed by atoms with Gasteiger partial charge >= 0.3 is 0 Å². The number of aryl methyl sites for hydroxylation is 1. The molecule has 1 amide bonds. The molecule has 0 aliphatic heterocycles. The van der Waals surface area contributed by atoms with E-state index >= 15 is 0 Å². The van der Waals surface area contributed by atoms with Crippen LogP contribution < -0.4 is 10.1 Å². The van der Waals surface area contributed by atoms with Gasteiger partial charge in [0.2, 0.25) is 0 Å². The molecule has 0 aliphatic rings. The highest BCUT2D eigenvalue weighted by atomic mass is 35.5. The second-order valence-corrected chi connectivity index (χ2v) is 5.48. The Labute approximate surface area is 136 Å². The molecule has 0 heterocycles. The van der Waals surface area contributed by atoms with Crippen LogP contribution in [-0.2, 0) is 6.42 Å². The van der Waals surface area contributed by atoms with Crippen LogP contribution in [0.5, 0.6) is 5.75 Å². The van der Waals surface area contributed by atoms with Gasteiger partial charge in [-0.05, 0) is 61.7 Å². The Kier molecular flexibility index (Phi) is 5.84. The van der Waals surface area contributed by atoms with E-state index in [1.165, 1.54) is 0 Å². The van der Waals surface area contributed by atoms with Crippen LogP contribution in [0.1, 0.15) is 28.4 Å². The smallest absolute Gasteiger partial charge is 0.251 e. The Bertz CT molecular complexity index is 638. The van der Waals surface area contributed by atoms with Gasteiger partial charge in [0.1, 0.15) is 5.75 Å². The Morgan fingerprint density at radius 2 is 1.91 bits per heavy atom. The summed E-state index contributed by atoms with van der Waals surface area (Å²) in [6.07, 6.45) is 0.777. The molecule has 0 aliphatic carbocycles. The number of halogens is 1. The largest absolute Gasteiger partial charge is 0.494 e. The maximum absolute atomic E-state index is 12.1. The molecule has 0 fully saturated rings. The average molecular weight is 318 g/mol.